The van der Waals surface area contributed by atoms with E-state index in [1.54, 1.807) is 6.92 Å². The predicted molar refractivity (Wildman–Crippen MR) is 91.7 cm³/mol. The second-order valence-corrected chi connectivity index (χ2v) is 6.44. The molecule has 0 bridgehead atoms. The third kappa shape index (κ3) is 3.03. The topological polar surface area (TPSA) is 42.3 Å². The van der Waals surface area contributed by atoms with Crippen LogP contribution in [-0.2, 0) is 4.79 Å². The predicted octanol–water partition coefficient (Wildman–Crippen LogP) is 3.81. The van der Waals surface area contributed by atoms with Gasteiger partial charge in [-0.05, 0) is 32.8 Å². The maximum absolute atomic E-state index is 12.9. The quantitative estimate of drug-likeness (QED) is 0.809. The SMILES string of the molecule is CC(=O)c1cn([C@@H](C)C(=O)N2CCCCCC2)c2ccccc12. The van der Waals surface area contributed by atoms with Crippen molar-refractivity contribution in [1.82, 2.24) is 9.47 Å². The van der Waals surface area contributed by atoms with E-state index in [1.807, 2.05) is 46.9 Å². The Morgan fingerprint density at radius 3 is 2.35 bits per heavy atom. The molecule has 0 N–H and O–H groups in total. The largest absolute Gasteiger partial charge is 0.341 e. The number of hydrogen-bond acceptors (Lipinski definition) is 2. The minimum atomic E-state index is -0.286. The van der Waals surface area contributed by atoms with E-state index < -0.39 is 0 Å². The lowest BCUT2D eigenvalue weighted by molar-refractivity contribution is -0.134. The highest BCUT2D eigenvalue weighted by atomic mass is 16.2. The van der Waals surface area contributed by atoms with Gasteiger partial charge in [0.2, 0.25) is 5.91 Å². The van der Waals surface area contributed by atoms with Gasteiger partial charge in [-0.1, -0.05) is 31.0 Å². The average Bonchev–Trinajstić information content (AvgIpc) is 2.74. The zero-order chi connectivity index (χ0) is 16.4. The summed E-state index contributed by atoms with van der Waals surface area (Å²) in [5.41, 5.74) is 1.64. The lowest BCUT2D eigenvalue weighted by atomic mass is 10.1. The Bertz CT molecular complexity index is 724. The van der Waals surface area contributed by atoms with Crippen LogP contribution in [0.15, 0.2) is 30.5 Å². The van der Waals surface area contributed by atoms with Gasteiger partial charge in [0.1, 0.15) is 6.04 Å². The summed E-state index contributed by atoms with van der Waals surface area (Å²) >= 11 is 0. The van der Waals surface area contributed by atoms with E-state index in [9.17, 15) is 9.59 Å². The molecule has 2 aromatic rings. The summed E-state index contributed by atoms with van der Waals surface area (Å²) in [6.07, 6.45) is 6.43. The van der Waals surface area contributed by atoms with E-state index in [1.165, 1.54) is 12.8 Å². The summed E-state index contributed by atoms with van der Waals surface area (Å²) in [6, 6.07) is 7.53. The molecule has 0 unspecified atom stereocenters. The number of rotatable bonds is 3. The molecule has 0 radical (unpaired) electrons. The molecule has 4 nitrogen and oxygen atoms in total. The van der Waals surface area contributed by atoms with Gasteiger partial charge >= 0.3 is 0 Å². The van der Waals surface area contributed by atoms with Crippen molar-refractivity contribution in [3.8, 4) is 0 Å². The molecule has 1 aromatic heterocycles. The van der Waals surface area contributed by atoms with E-state index >= 15 is 0 Å². The minimum Gasteiger partial charge on any atom is -0.341 e. The zero-order valence-electron chi connectivity index (χ0n) is 13.9. The monoisotopic (exact) mass is 312 g/mol. The van der Waals surface area contributed by atoms with E-state index in [0.717, 1.165) is 36.8 Å². The third-order valence-electron chi connectivity index (χ3n) is 4.81. The molecule has 122 valence electrons. The molecule has 1 amide bonds. The van der Waals surface area contributed by atoms with Crippen LogP contribution in [-0.4, -0.2) is 34.2 Å². The van der Waals surface area contributed by atoms with Crippen LogP contribution < -0.4 is 0 Å². The summed E-state index contributed by atoms with van der Waals surface area (Å²) in [4.78, 5) is 26.8. The third-order valence-corrected chi connectivity index (χ3v) is 4.81. The van der Waals surface area contributed by atoms with Crippen LogP contribution >= 0.6 is 0 Å². The molecular weight excluding hydrogens is 288 g/mol. The van der Waals surface area contributed by atoms with Gasteiger partial charge in [0.15, 0.2) is 5.78 Å². The summed E-state index contributed by atoms with van der Waals surface area (Å²) in [7, 11) is 0. The molecule has 0 spiro atoms. The Morgan fingerprint density at radius 2 is 1.70 bits per heavy atom. The first kappa shape index (κ1) is 15.8. The molecule has 0 aliphatic carbocycles. The first-order chi connectivity index (χ1) is 11.1. The van der Waals surface area contributed by atoms with Gasteiger partial charge < -0.3 is 9.47 Å². The molecule has 3 rings (SSSR count). The Balaban J connectivity index is 1.95. The second kappa shape index (κ2) is 6.57. The molecule has 1 saturated heterocycles. The fourth-order valence-corrected chi connectivity index (χ4v) is 3.48. The molecular formula is C19H24N2O2. The molecule has 1 aliphatic heterocycles. The number of carbonyl (C=O) groups excluding carboxylic acids is 2. The zero-order valence-corrected chi connectivity index (χ0v) is 13.9. The van der Waals surface area contributed by atoms with E-state index in [4.69, 9.17) is 0 Å². The van der Waals surface area contributed by atoms with Crippen LogP contribution in [0.5, 0.6) is 0 Å². The molecule has 0 saturated carbocycles. The first-order valence-electron chi connectivity index (χ1n) is 8.49. The minimum absolute atomic E-state index is 0.0365. The van der Waals surface area contributed by atoms with Crippen LogP contribution in [0.25, 0.3) is 10.9 Å². The lowest BCUT2D eigenvalue weighted by Gasteiger charge is -2.25. The summed E-state index contributed by atoms with van der Waals surface area (Å²) < 4.78 is 1.96. The molecule has 23 heavy (non-hydrogen) atoms. The van der Waals surface area contributed by atoms with Gasteiger partial charge in [-0.15, -0.1) is 0 Å². The Hall–Kier alpha value is -2.10. The van der Waals surface area contributed by atoms with Gasteiger partial charge in [-0.3, -0.25) is 9.59 Å². The van der Waals surface area contributed by atoms with Crippen LogP contribution in [0, 0.1) is 0 Å². The highest BCUT2D eigenvalue weighted by molar-refractivity contribution is 6.07. The number of hydrogen-bond donors (Lipinski definition) is 0. The molecule has 2 heterocycles. The first-order valence-corrected chi connectivity index (χ1v) is 8.49. The van der Waals surface area contributed by atoms with Crippen molar-refractivity contribution in [2.75, 3.05) is 13.1 Å². The van der Waals surface area contributed by atoms with E-state index in [0.29, 0.717) is 5.56 Å². The highest BCUT2D eigenvalue weighted by Gasteiger charge is 2.25. The van der Waals surface area contributed by atoms with Gasteiger partial charge in [0.25, 0.3) is 0 Å². The van der Waals surface area contributed by atoms with Crippen molar-refractivity contribution in [3.63, 3.8) is 0 Å². The normalized spacial score (nSPS) is 17.0. The summed E-state index contributed by atoms with van der Waals surface area (Å²) in [5.74, 6) is 0.192. The van der Waals surface area contributed by atoms with Gasteiger partial charge in [0, 0.05) is 35.8 Å². The van der Waals surface area contributed by atoms with Crippen molar-refractivity contribution in [1.29, 1.82) is 0 Å². The summed E-state index contributed by atoms with van der Waals surface area (Å²) in [6.45, 7) is 5.21. The average molecular weight is 312 g/mol. The number of likely N-dealkylation sites (tertiary alicyclic amines) is 1. The number of amides is 1. The van der Waals surface area contributed by atoms with Crippen LogP contribution in [0.3, 0.4) is 0 Å². The number of fused-ring (bicyclic) bond motifs is 1. The molecule has 1 aliphatic rings. The van der Waals surface area contributed by atoms with Gasteiger partial charge in [-0.25, -0.2) is 0 Å². The number of para-hydroxylation sites is 1. The van der Waals surface area contributed by atoms with E-state index in [-0.39, 0.29) is 17.7 Å². The molecule has 4 heteroatoms. The van der Waals surface area contributed by atoms with Crippen molar-refractivity contribution in [2.24, 2.45) is 0 Å². The van der Waals surface area contributed by atoms with Crippen LogP contribution in [0.2, 0.25) is 0 Å². The number of carbonyl (C=O) groups is 2. The number of ketones is 1. The number of Topliss-reactive ketones (excluding diaryl/α,β-unsaturated/α-hetero) is 1. The van der Waals surface area contributed by atoms with Crippen molar-refractivity contribution in [3.05, 3.63) is 36.0 Å². The van der Waals surface area contributed by atoms with Crippen LogP contribution in [0.4, 0.5) is 0 Å². The van der Waals surface area contributed by atoms with Gasteiger partial charge in [0.05, 0.1) is 0 Å². The fraction of sp³-hybridized carbons (Fsp3) is 0.474. The van der Waals surface area contributed by atoms with Crippen LogP contribution in [0.1, 0.15) is 55.9 Å². The lowest BCUT2D eigenvalue weighted by Crippen LogP contribution is -2.36. The van der Waals surface area contributed by atoms with Crippen molar-refractivity contribution in [2.45, 2.75) is 45.6 Å². The van der Waals surface area contributed by atoms with Crippen molar-refractivity contribution < 1.29 is 9.59 Å². The maximum Gasteiger partial charge on any atom is 0.245 e. The smallest absolute Gasteiger partial charge is 0.245 e. The standard InChI is InChI=1S/C19H24N2O2/c1-14(19(23)20-11-7-3-4-8-12-20)21-13-17(15(2)22)16-9-5-6-10-18(16)21/h5-6,9-10,13-14H,3-4,7-8,11-12H2,1-2H3/t14-/m0/s1. The van der Waals surface area contributed by atoms with Gasteiger partial charge in [-0.2, -0.15) is 0 Å². The highest BCUT2D eigenvalue weighted by Crippen LogP contribution is 2.26. The Labute approximate surface area is 137 Å². The number of nitrogens with zero attached hydrogens (tertiary/aromatic N) is 2. The summed E-state index contributed by atoms with van der Waals surface area (Å²) in [5, 5.41) is 0.926. The van der Waals surface area contributed by atoms with E-state index in [2.05, 4.69) is 0 Å². The number of benzene rings is 1. The Morgan fingerprint density at radius 1 is 1.04 bits per heavy atom. The number of aromatic nitrogens is 1. The Kier molecular flexibility index (Phi) is 4.51. The molecule has 1 aromatic carbocycles. The second-order valence-electron chi connectivity index (χ2n) is 6.44. The maximum atomic E-state index is 12.9. The fourth-order valence-electron chi connectivity index (χ4n) is 3.48. The molecule has 1 fully saturated rings. The molecule has 1 atom stereocenters. The van der Waals surface area contributed by atoms with Crippen molar-refractivity contribution >= 4 is 22.6 Å².